The van der Waals surface area contributed by atoms with Crippen LogP contribution < -0.4 is 0 Å². The van der Waals surface area contributed by atoms with Crippen LogP contribution in [0.2, 0.25) is 0 Å². The molecule has 0 N–H and O–H groups in total. The number of aromatic nitrogens is 2. The summed E-state index contributed by atoms with van der Waals surface area (Å²) in [7, 11) is 0. The molecule has 0 aromatic carbocycles. The van der Waals surface area contributed by atoms with E-state index in [1.54, 1.807) is 4.90 Å². The highest BCUT2D eigenvalue weighted by Crippen LogP contribution is 2.29. The lowest BCUT2D eigenvalue weighted by molar-refractivity contribution is 0.0767. The van der Waals surface area contributed by atoms with Crippen LogP contribution in [0.4, 0.5) is 0 Å². The first-order valence-corrected chi connectivity index (χ1v) is 6.76. The molecule has 0 saturated carbocycles. The first kappa shape index (κ1) is 13.0. The van der Waals surface area contributed by atoms with Gasteiger partial charge in [0.1, 0.15) is 10.9 Å². The number of rotatable bonds is 1. The van der Waals surface area contributed by atoms with Gasteiger partial charge in [0, 0.05) is 12.0 Å². The Bertz CT molecular complexity index is 497. The molecule has 1 saturated heterocycles. The summed E-state index contributed by atoms with van der Waals surface area (Å²) in [5, 5.41) is 13.1. The van der Waals surface area contributed by atoms with Crippen LogP contribution in [-0.4, -0.2) is 33.0 Å². The van der Waals surface area contributed by atoms with Gasteiger partial charge in [-0.05, 0) is 24.4 Å². The van der Waals surface area contributed by atoms with Crippen LogP contribution in [0.1, 0.15) is 49.0 Å². The Kier molecular flexibility index (Phi) is 3.35. The molecule has 5 nitrogen and oxygen atoms in total. The number of carbonyl (C=O) groups is 1. The van der Waals surface area contributed by atoms with E-state index >= 15 is 0 Å². The standard InChI is InChI=1S/C12H16N4OS/c1-12(2,3)10-9(18-15-14-10)11(17)16-6-4-5-8(16)7-13/h8H,4-6H2,1-3H3. The number of hydrogen-bond acceptors (Lipinski definition) is 5. The number of amides is 1. The fraction of sp³-hybridized carbons (Fsp3) is 0.667. The average molecular weight is 264 g/mol. The van der Waals surface area contributed by atoms with E-state index in [-0.39, 0.29) is 17.4 Å². The molecule has 96 valence electrons. The molecule has 1 amide bonds. The number of hydrogen-bond donors (Lipinski definition) is 0. The van der Waals surface area contributed by atoms with Crippen molar-refractivity contribution in [3.8, 4) is 6.07 Å². The first-order valence-electron chi connectivity index (χ1n) is 5.98. The molecule has 1 aromatic heterocycles. The highest BCUT2D eigenvalue weighted by Gasteiger charge is 2.34. The topological polar surface area (TPSA) is 69.9 Å². The second-order valence-corrected chi connectivity index (χ2v) is 6.24. The molecule has 18 heavy (non-hydrogen) atoms. The van der Waals surface area contributed by atoms with Crippen LogP contribution in [0.5, 0.6) is 0 Å². The molecule has 2 heterocycles. The third kappa shape index (κ3) is 2.23. The van der Waals surface area contributed by atoms with Crippen molar-refractivity contribution < 1.29 is 4.79 Å². The molecule has 6 heteroatoms. The van der Waals surface area contributed by atoms with E-state index in [4.69, 9.17) is 5.26 Å². The van der Waals surface area contributed by atoms with Gasteiger partial charge < -0.3 is 4.90 Å². The van der Waals surface area contributed by atoms with Gasteiger partial charge in [0.15, 0.2) is 0 Å². The minimum atomic E-state index is -0.299. The van der Waals surface area contributed by atoms with Gasteiger partial charge in [0.2, 0.25) is 0 Å². The Balaban J connectivity index is 2.30. The minimum absolute atomic E-state index is 0.0982. The van der Waals surface area contributed by atoms with Crippen LogP contribution in [0.3, 0.4) is 0 Å². The summed E-state index contributed by atoms with van der Waals surface area (Å²) in [5.41, 5.74) is 0.515. The van der Waals surface area contributed by atoms with Crippen molar-refractivity contribution in [1.82, 2.24) is 14.5 Å². The van der Waals surface area contributed by atoms with Crippen LogP contribution in [0.25, 0.3) is 0 Å². The van der Waals surface area contributed by atoms with E-state index < -0.39 is 0 Å². The van der Waals surface area contributed by atoms with Gasteiger partial charge in [-0.1, -0.05) is 25.3 Å². The molecule has 1 aliphatic heterocycles. The molecule has 1 aromatic rings. The maximum Gasteiger partial charge on any atom is 0.268 e. The monoisotopic (exact) mass is 264 g/mol. The molecule has 1 aliphatic rings. The van der Waals surface area contributed by atoms with Crippen LogP contribution in [0.15, 0.2) is 0 Å². The van der Waals surface area contributed by atoms with Gasteiger partial charge in [-0.3, -0.25) is 4.79 Å². The van der Waals surface area contributed by atoms with Gasteiger partial charge in [-0.2, -0.15) is 5.26 Å². The lowest BCUT2D eigenvalue weighted by Gasteiger charge is -2.21. The van der Waals surface area contributed by atoms with Crippen molar-refractivity contribution >= 4 is 17.4 Å². The Labute approximate surface area is 111 Å². The van der Waals surface area contributed by atoms with Crippen molar-refractivity contribution in [2.75, 3.05) is 6.54 Å². The fourth-order valence-electron chi connectivity index (χ4n) is 2.10. The summed E-state index contributed by atoms with van der Waals surface area (Å²) in [6.45, 7) is 6.67. The zero-order valence-electron chi connectivity index (χ0n) is 10.8. The molecule has 0 bridgehead atoms. The zero-order valence-corrected chi connectivity index (χ0v) is 11.6. The molecule has 0 spiro atoms. The number of likely N-dealkylation sites (tertiary alicyclic amines) is 1. The predicted octanol–water partition coefficient (Wildman–Crippen LogP) is 1.96. The Morgan fingerprint density at radius 2 is 2.28 bits per heavy atom. The van der Waals surface area contributed by atoms with E-state index in [2.05, 4.69) is 15.7 Å². The van der Waals surface area contributed by atoms with Gasteiger partial charge >= 0.3 is 0 Å². The van der Waals surface area contributed by atoms with Crippen LogP contribution in [0, 0.1) is 11.3 Å². The van der Waals surface area contributed by atoms with Gasteiger partial charge in [-0.25, -0.2) is 0 Å². The molecular weight excluding hydrogens is 248 g/mol. The maximum atomic E-state index is 12.5. The van der Waals surface area contributed by atoms with E-state index in [1.165, 1.54) is 0 Å². The van der Waals surface area contributed by atoms with E-state index in [0.29, 0.717) is 11.4 Å². The Hall–Kier alpha value is -1.48. The Morgan fingerprint density at radius 3 is 2.89 bits per heavy atom. The largest absolute Gasteiger partial charge is 0.322 e. The third-order valence-electron chi connectivity index (χ3n) is 3.06. The predicted molar refractivity (Wildman–Crippen MR) is 68.3 cm³/mol. The van der Waals surface area contributed by atoms with E-state index in [0.717, 1.165) is 30.1 Å². The normalized spacial score (nSPS) is 19.9. The number of nitrogens with zero attached hydrogens (tertiary/aromatic N) is 4. The lowest BCUT2D eigenvalue weighted by atomic mass is 9.91. The average Bonchev–Trinajstić information content (AvgIpc) is 2.95. The summed E-state index contributed by atoms with van der Waals surface area (Å²) in [6.07, 6.45) is 1.65. The Morgan fingerprint density at radius 1 is 1.56 bits per heavy atom. The fourth-order valence-corrected chi connectivity index (χ4v) is 2.93. The van der Waals surface area contributed by atoms with Crippen molar-refractivity contribution in [3.63, 3.8) is 0 Å². The molecule has 1 unspecified atom stereocenters. The van der Waals surface area contributed by atoms with Gasteiger partial charge in [0.25, 0.3) is 5.91 Å². The molecule has 1 atom stereocenters. The van der Waals surface area contributed by atoms with E-state index in [1.807, 2.05) is 20.8 Å². The number of carbonyl (C=O) groups excluding carboxylic acids is 1. The summed E-state index contributed by atoms with van der Waals surface area (Å²) in [6, 6.07) is 1.89. The molecule has 0 aliphatic carbocycles. The summed E-state index contributed by atoms with van der Waals surface area (Å²) in [4.78, 5) is 14.7. The second-order valence-electron chi connectivity index (χ2n) is 5.49. The smallest absolute Gasteiger partial charge is 0.268 e. The van der Waals surface area contributed by atoms with Crippen LogP contribution >= 0.6 is 11.5 Å². The van der Waals surface area contributed by atoms with Crippen molar-refractivity contribution in [3.05, 3.63) is 10.6 Å². The van der Waals surface area contributed by atoms with Crippen LogP contribution in [-0.2, 0) is 5.41 Å². The molecule has 2 rings (SSSR count). The third-order valence-corrected chi connectivity index (χ3v) is 3.77. The summed E-state index contributed by atoms with van der Waals surface area (Å²) < 4.78 is 3.89. The second kappa shape index (κ2) is 4.65. The zero-order chi connectivity index (χ0) is 13.3. The first-order chi connectivity index (χ1) is 8.45. The quantitative estimate of drug-likeness (QED) is 0.777. The van der Waals surface area contributed by atoms with Crippen molar-refractivity contribution in [2.45, 2.75) is 45.1 Å². The highest BCUT2D eigenvalue weighted by molar-refractivity contribution is 7.08. The SMILES string of the molecule is CC(C)(C)c1nnsc1C(=O)N1CCCC1C#N. The van der Waals surface area contributed by atoms with Crippen molar-refractivity contribution in [1.29, 1.82) is 5.26 Å². The van der Waals surface area contributed by atoms with Crippen molar-refractivity contribution in [2.24, 2.45) is 0 Å². The molecule has 0 radical (unpaired) electrons. The summed E-state index contributed by atoms with van der Waals surface area (Å²) in [5.74, 6) is -0.0982. The highest BCUT2D eigenvalue weighted by atomic mass is 32.1. The van der Waals surface area contributed by atoms with E-state index in [9.17, 15) is 4.79 Å². The molecular formula is C12H16N4OS. The maximum absolute atomic E-state index is 12.5. The molecule has 1 fully saturated rings. The number of nitriles is 1. The van der Waals surface area contributed by atoms with Gasteiger partial charge in [-0.15, -0.1) is 5.10 Å². The minimum Gasteiger partial charge on any atom is -0.322 e. The lowest BCUT2D eigenvalue weighted by Crippen LogP contribution is -2.35. The van der Waals surface area contributed by atoms with Gasteiger partial charge in [0.05, 0.1) is 11.8 Å². The summed E-state index contributed by atoms with van der Waals surface area (Å²) >= 11 is 1.12.